The molecule has 1 unspecified atom stereocenters. The Morgan fingerprint density at radius 1 is 1.24 bits per heavy atom. The Hall–Kier alpha value is -1.23. The lowest BCUT2D eigenvalue weighted by Gasteiger charge is -2.14. The number of hydrogen-bond acceptors (Lipinski definition) is 2. The van der Waals surface area contributed by atoms with E-state index in [2.05, 4.69) is 0 Å². The van der Waals surface area contributed by atoms with Crippen LogP contribution in [-0.4, -0.2) is 17.8 Å². The van der Waals surface area contributed by atoms with Gasteiger partial charge in [-0.25, -0.2) is 0 Å². The first-order chi connectivity index (χ1) is 7.93. The normalized spacial score (nSPS) is 13.5. The molecule has 0 fully saturated rings. The zero-order valence-corrected chi connectivity index (χ0v) is 9.50. The maximum atomic E-state index is 12.3. The molecule has 1 aromatic rings. The number of hydrogen-bond donors (Lipinski definition) is 1. The van der Waals surface area contributed by atoms with E-state index in [0.29, 0.717) is 18.6 Å². The van der Waals surface area contributed by atoms with Crippen molar-refractivity contribution in [3.05, 3.63) is 29.8 Å². The highest BCUT2D eigenvalue weighted by Gasteiger charge is 2.30. The van der Waals surface area contributed by atoms with Crippen LogP contribution < -0.4 is 4.74 Å². The Morgan fingerprint density at radius 3 is 2.29 bits per heavy atom. The molecule has 17 heavy (non-hydrogen) atoms. The first kappa shape index (κ1) is 13.8. The van der Waals surface area contributed by atoms with Gasteiger partial charge in [-0.1, -0.05) is 0 Å². The summed E-state index contributed by atoms with van der Waals surface area (Å²) in [4.78, 5) is 0. The molecular formula is C12H15F3O2. The van der Waals surface area contributed by atoms with Gasteiger partial charge in [0, 0.05) is 6.61 Å². The van der Waals surface area contributed by atoms with Crippen LogP contribution in [0.3, 0.4) is 0 Å². The Kier molecular flexibility index (Phi) is 4.81. The summed E-state index contributed by atoms with van der Waals surface area (Å²) in [5, 5.41) is 8.63. The van der Waals surface area contributed by atoms with E-state index in [9.17, 15) is 13.2 Å². The van der Waals surface area contributed by atoms with Crippen LogP contribution in [0, 0.1) is 0 Å². The second-order valence-electron chi connectivity index (χ2n) is 3.82. The lowest BCUT2D eigenvalue weighted by Crippen LogP contribution is -2.12. The lowest BCUT2D eigenvalue weighted by atomic mass is 10.2. The Morgan fingerprint density at radius 2 is 1.82 bits per heavy atom. The van der Waals surface area contributed by atoms with Crippen LogP contribution in [0.15, 0.2) is 24.3 Å². The molecule has 0 amide bonds. The molecule has 0 saturated heterocycles. The summed E-state index contributed by atoms with van der Waals surface area (Å²) < 4.78 is 42.2. The summed E-state index contributed by atoms with van der Waals surface area (Å²) in [6.45, 7) is 1.90. The molecule has 0 spiro atoms. The summed E-state index contributed by atoms with van der Waals surface area (Å²) in [6, 6.07) is 4.60. The highest BCUT2D eigenvalue weighted by Crippen LogP contribution is 2.30. The number of benzene rings is 1. The molecule has 0 heterocycles. The van der Waals surface area contributed by atoms with Crippen molar-refractivity contribution < 1.29 is 23.0 Å². The summed E-state index contributed by atoms with van der Waals surface area (Å²) in [5.74, 6) is 0.406. The first-order valence-corrected chi connectivity index (χ1v) is 5.38. The maximum absolute atomic E-state index is 12.3. The van der Waals surface area contributed by atoms with Crippen LogP contribution in [0.5, 0.6) is 5.75 Å². The molecular weight excluding hydrogens is 233 g/mol. The van der Waals surface area contributed by atoms with Crippen molar-refractivity contribution in [3.8, 4) is 5.75 Å². The zero-order chi connectivity index (χ0) is 12.9. The van der Waals surface area contributed by atoms with Gasteiger partial charge in [0.05, 0.1) is 11.7 Å². The molecule has 1 atom stereocenters. The first-order valence-electron chi connectivity index (χ1n) is 5.38. The van der Waals surface area contributed by atoms with Crippen molar-refractivity contribution >= 4 is 0 Å². The average Bonchev–Trinajstić information content (AvgIpc) is 2.26. The second kappa shape index (κ2) is 5.91. The number of rotatable bonds is 5. The average molecular weight is 248 g/mol. The van der Waals surface area contributed by atoms with Gasteiger partial charge < -0.3 is 9.84 Å². The molecule has 1 N–H and O–H groups in total. The van der Waals surface area contributed by atoms with Gasteiger partial charge in [0.15, 0.2) is 0 Å². The van der Waals surface area contributed by atoms with E-state index in [1.165, 1.54) is 12.1 Å². The molecule has 0 aliphatic heterocycles. The fraction of sp³-hybridized carbons (Fsp3) is 0.500. The topological polar surface area (TPSA) is 29.5 Å². The monoisotopic (exact) mass is 248 g/mol. The number of aliphatic hydroxyl groups excluding tert-OH is 1. The number of aliphatic hydroxyl groups is 1. The predicted octanol–water partition coefficient (Wildman–Crippen LogP) is 3.25. The molecule has 5 heteroatoms. The quantitative estimate of drug-likeness (QED) is 0.866. The van der Waals surface area contributed by atoms with Gasteiger partial charge in [0.2, 0.25) is 0 Å². The van der Waals surface area contributed by atoms with Crippen molar-refractivity contribution in [2.45, 2.75) is 32.0 Å². The molecule has 96 valence electrons. The van der Waals surface area contributed by atoms with Crippen LogP contribution in [0.2, 0.25) is 0 Å². The van der Waals surface area contributed by atoms with Crippen LogP contribution in [-0.2, 0) is 6.18 Å². The minimum absolute atomic E-state index is 0.0840. The van der Waals surface area contributed by atoms with Gasteiger partial charge in [-0.05, 0) is 44.0 Å². The summed E-state index contributed by atoms with van der Waals surface area (Å²) in [5.41, 5.74) is -0.687. The maximum Gasteiger partial charge on any atom is 0.416 e. The number of halogens is 3. The van der Waals surface area contributed by atoms with E-state index in [-0.39, 0.29) is 12.7 Å². The SMILES string of the molecule is CC(CCCO)Oc1ccc(C(F)(F)F)cc1. The summed E-state index contributed by atoms with van der Waals surface area (Å²) in [7, 11) is 0. The standard InChI is InChI=1S/C12H15F3O2/c1-9(3-2-8-16)17-11-6-4-10(5-7-11)12(13,14)15/h4-7,9,16H,2-3,8H2,1H3. The molecule has 0 aliphatic rings. The van der Waals surface area contributed by atoms with Gasteiger partial charge in [-0.15, -0.1) is 0 Å². The minimum atomic E-state index is -4.32. The molecule has 1 aromatic carbocycles. The number of alkyl halides is 3. The van der Waals surface area contributed by atoms with Crippen molar-refractivity contribution in [3.63, 3.8) is 0 Å². The molecule has 1 rings (SSSR count). The molecule has 0 bridgehead atoms. The van der Waals surface area contributed by atoms with Crippen molar-refractivity contribution in [1.82, 2.24) is 0 Å². The van der Waals surface area contributed by atoms with Gasteiger partial charge in [-0.2, -0.15) is 13.2 Å². The van der Waals surface area contributed by atoms with Crippen LogP contribution in [0.4, 0.5) is 13.2 Å². The van der Waals surface area contributed by atoms with E-state index in [4.69, 9.17) is 9.84 Å². The van der Waals surface area contributed by atoms with Crippen molar-refractivity contribution in [2.75, 3.05) is 6.61 Å². The van der Waals surface area contributed by atoms with E-state index < -0.39 is 11.7 Å². The van der Waals surface area contributed by atoms with Gasteiger partial charge >= 0.3 is 6.18 Å². The van der Waals surface area contributed by atoms with Crippen LogP contribution in [0.25, 0.3) is 0 Å². The van der Waals surface area contributed by atoms with E-state index in [1.54, 1.807) is 0 Å². The highest BCUT2D eigenvalue weighted by molar-refractivity contribution is 5.28. The second-order valence-corrected chi connectivity index (χ2v) is 3.82. The smallest absolute Gasteiger partial charge is 0.416 e. The Bertz CT molecular complexity index is 333. The molecule has 0 saturated carbocycles. The molecule has 0 radical (unpaired) electrons. The summed E-state index contributed by atoms with van der Waals surface area (Å²) >= 11 is 0. The minimum Gasteiger partial charge on any atom is -0.491 e. The Balaban J connectivity index is 2.56. The zero-order valence-electron chi connectivity index (χ0n) is 9.50. The van der Waals surface area contributed by atoms with Gasteiger partial charge in [-0.3, -0.25) is 0 Å². The third-order valence-electron chi connectivity index (χ3n) is 2.29. The van der Waals surface area contributed by atoms with E-state index >= 15 is 0 Å². The fourth-order valence-corrected chi connectivity index (χ4v) is 1.39. The largest absolute Gasteiger partial charge is 0.491 e. The van der Waals surface area contributed by atoms with Crippen LogP contribution >= 0.6 is 0 Å². The van der Waals surface area contributed by atoms with Crippen molar-refractivity contribution in [2.24, 2.45) is 0 Å². The predicted molar refractivity (Wildman–Crippen MR) is 57.9 cm³/mol. The number of ether oxygens (including phenoxy) is 1. The van der Waals surface area contributed by atoms with Gasteiger partial charge in [0.25, 0.3) is 0 Å². The fourth-order valence-electron chi connectivity index (χ4n) is 1.39. The molecule has 0 aliphatic carbocycles. The van der Waals surface area contributed by atoms with Crippen LogP contribution in [0.1, 0.15) is 25.3 Å². The Labute approximate surface area is 98.0 Å². The highest BCUT2D eigenvalue weighted by atomic mass is 19.4. The van der Waals surface area contributed by atoms with Gasteiger partial charge in [0.1, 0.15) is 5.75 Å². The molecule has 2 nitrogen and oxygen atoms in total. The summed E-state index contributed by atoms with van der Waals surface area (Å²) in [6.07, 6.45) is -3.17. The van der Waals surface area contributed by atoms with E-state index in [1.807, 2.05) is 6.92 Å². The van der Waals surface area contributed by atoms with E-state index in [0.717, 1.165) is 12.1 Å². The van der Waals surface area contributed by atoms with Crippen molar-refractivity contribution in [1.29, 1.82) is 0 Å². The lowest BCUT2D eigenvalue weighted by molar-refractivity contribution is -0.137. The third kappa shape index (κ3) is 4.65. The molecule has 0 aromatic heterocycles. The third-order valence-corrected chi connectivity index (χ3v) is 2.29.